The lowest BCUT2D eigenvalue weighted by Crippen LogP contribution is -2.05. The highest BCUT2D eigenvalue weighted by atomic mass is 16.6. The Balaban J connectivity index is 3.10. The van der Waals surface area contributed by atoms with E-state index in [1.165, 1.54) is 0 Å². The highest BCUT2D eigenvalue weighted by Crippen LogP contribution is 2.24. The largest absolute Gasteiger partial charge is 0.478 e. The molecule has 0 spiro atoms. The number of aliphatic imine (C=N–C) groups is 1. The van der Waals surface area contributed by atoms with Crippen molar-refractivity contribution < 1.29 is 24.4 Å². The van der Waals surface area contributed by atoms with Crippen molar-refractivity contribution in [2.75, 3.05) is 6.61 Å². The predicted octanol–water partition coefficient (Wildman–Crippen LogP) is 1.56. The van der Waals surface area contributed by atoms with Gasteiger partial charge in [-0.05, 0) is 13.0 Å². The molecule has 0 heterocycles. The zero-order chi connectivity index (χ0) is 14.4. The molecule has 0 bridgehead atoms. The van der Waals surface area contributed by atoms with Crippen LogP contribution in [0.5, 0.6) is 0 Å². The molecule has 0 unspecified atom stereocenters. The number of nitrogens with zero attached hydrogens (tertiary/aromatic N) is 2. The Kier molecular flexibility index (Phi) is 4.69. The summed E-state index contributed by atoms with van der Waals surface area (Å²) in [6.45, 7) is 1.77. The molecule has 0 aliphatic heterocycles. The molecule has 1 aromatic rings. The number of nitro groups is 1. The highest BCUT2D eigenvalue weighted by Gasteiger charge is 2.15. The fraction of sp³-hybridized carbons (Fsp3) is 0.182. The van der Waals surface area contributed by atoms with Gasteiger partial charge in [-0.1, -0.05) is 0 Å². The van der Waals surface area contributed by atoms with E-state index in [-0.39, 0.29) is 23.5 Å². The number of carboxylic acid groups (broad SMARTS) is 1. The van der Waals surface area contributed by atoms with Gasteiger partial charge in [-0.15, -0.1) is 0 Å². The Labute approximate surface area is 107 Å². The van der Waals surface area contributed by atoms with E-state index in [1.54, 1.807) is 6.92 Å². The van der Waals surface area contributed by atoms with E-state index in [0.29, 0.717) is 0 Å². The number of rotatable bonds is 5. The minimum absolute atomic E-state index is 0.0637. The molecule has 1 N–H and O–H groups in total. The molecule has 0 fully saturated rings. The van der Waals surface area contributed by atoms with Crippen LogP contribution in [-0.4, -0.2) is 34.8 Å². The van der Waals surface area contributed by atoms with Gasteiger partial charge in [0.2, 0.25) is 0 Å². The topological polar surface area (TPSA) is 119 Å². The van der Waals surface area contributed by atoms with Crippen LogP contribution in [0.25, 0.3) is 0 Å². The van der Waals surface area contributed by atoms with E-state index in [0.717, 1.165) is 24.4 Å². The molecular formula is C11H10N2O6. The Hall–Kier alpha value is -2.77. The van der Waals surface area contributed by atoms with Gasteiger partial charge in [0.1, 0.15) is 6.21 Å². The Bertz CT molecular complexity index is 552. The SMILES string of the molecule is CCOC(=O)/C=N\c1ccc([N+](=O)[O-])cc1C(=O)O. The van der Waals surface area contributed by atoms with Crippen molar-refractivity contribution in [1.82, 2.24) is 0 Å². The van der Waals surface area contributed by atoms with Crippen LogP contribution in [0.2, 0.25) is 0 Å². The number of esters is 1. The number of hydrogen-bond acceptors (Lipinski definition) is 6. The number of nitro benzene ring substituents is 1. The quantitative estimate of drug-likeness (QED) is 0.373. The first-order valence-corrected chi connectivity index (χ1v) is 5.18. The number of carbonyl (C=O) groups is 2. The first-order valence-electron chi connectivity index (χ1n) is 5.18. The van der Waals surface area contributed by atoms with Crippen LogP contribution < -0.4 is 0 Å². The van der Waals surface area contributed by atoms with Crippen LogP contribution in [0.1, 0.15) is 17.3 Å². The van der Waals surface area contributed by atoms with E-state index in [9.17, 15) is 19.7 Å². The average Bonchev–Trinajstić information content (AvgIpc) is 2.36. The molecule has 0 aromatic heterocycles. The summed E-state index contributed by atoms with van der Waals surface area (Å²) in [5.41, 5.74) is -0.798. The maximum Gasteiger partial charge on any atom is 0.349 e. The van der Waals surface area contributed by atoms with Crippen LogP contribution in [0.15, 0.2) is 23.2 Å². The zero-order valence-corrected chi connectivity index (χ0v) is 9.90. The molecule has 0 saturated carbocycles. The van der Waals surface area contributed by atoms with Crippen molar-refractivity contribution in [2.45, 2.75) is 6.92 Å². The third kappa shape index (κ3) is 3.87. The van der Waals surface area contributed by atoms with Crippen molar-refractivity contribution >= 4 is 29.5 Å². The summed E-state index contributed by atoms with van der Waals surface area (Å²) >= 11 is 0. The second-order valence-corrected chi connectivity index (χ2v) is 3.27. The number of non-ortho nitro benzene ring substituents is 1. The maximum atomic E-state index is 11.0. The molecule has 0 radical (unpaired) electrons. The van der Waals surface area contributed by atoms with E-state index in [1.807, 2.05) is 0 Å². The first kappa shape index (κ1) is 14.3. The zero-order valence-electron chi connectivity index (χ0n) is 9.90. The molecule has 0 amide bonds. The van der Waals surface area contributed by atoms with Gasteiger partial charge in [-0.2, -0.15) is 0 Å². The smallest absolute Gasteiger partial charge is 0.349 e. The van der Waals surface area contributed by atoms with Gasteiger partial charge in [0.15, 0.2) is 0 Å². The van der Waals surface area contributed by atoms with Crippen LogP contribution in [0.3, 0.4) is 0 Å². The monoisotopic (exact) mass is 266 g/mol. The third-order valence-electron chi connectivity index (χ3n) is 2.02. The van der Waals surface area contributed by atoms with E-state index >= 15 is 0 Å². The summed E-state index contributed by atoms with van der Waals surface area (Å²) in [6, 6.07) is 3.13. The second-order valence-electron chi connectivity index (χ2n) is 3.27. The van der Waals surface area contributed by atoms with Crippen molar-refractivity contribution in [3.05, 3.63) is 33.9 Å². The van der Waals surface area contributed by atoms with Gasteiger partial charge in [0.25, 0.3) is 5.69 Å². The summed E-state index contributed by atoms with van der Waals surface area (Å²) in [6.07, 6.45) is 0.817. The molecule has 0 aliphatic carbocycles. The second kappa shape index (κ2) is 6.24. The van der Waals surface area contributed by atoms with Crippen LogP contribution in [0, 0.1) is 10.1 Å². The molecule has 8 nitrogen and oxygen atoms in total. The summed E-state index contributed by atoms with van der Waals surface area (Å²) < 4.78 is 4.58. The summed E-state index contributed by atoms with van der Waals surface area (Å²) in [7, 11) is 0. The first-order chi connectivity index (χ1) is 8.95. The summed E-state index contributed by atoms with van der Waals surface area (Å²) in [4.78, 5) is 35.5. The molecule has 0 saturated heterocycles. The normalized spacial score (nSPS) is 10.4. The lowest BCUT2D eigenvalue weighted by atomic mass is 10.1. The minimum atomic E-state index is -1.38. The Morgan fingerprint density at radius 2 is 2.21 bits per heavy atom. The average molecular weight is 266 g/mol. The fourth-order valence-corrected chi connectivity index (χ4v) is 1.22. The fourth-order valence-electron chi connectivity index (χ4n) is 1.22. The van der Waals surface area contributed by atoms with Gasteiger partial charge >= 0.3 is 11.9 Å². The van der Waals surface area contributed by atoms with Gasteiger partial charge in [0, 0.05) is 12.1 Å². The summed E-state index contributed by atoms with van der Waals surface area (Å²) in [5, 5.41) is 19.5. The lowest BCUT2D eigenvalue weighted by Gasteiger charge is -2.00. The minimum Gasteiger partial charge on any atom is -0.478 e. The molecule has 0 aliphatic rings. The van der Waals surface area contributed by atoms with Crippen molar-refractivity contribution in [3.8, 4) is 0 Å². The van der Waals surface area contributed by atoms with Crippen LogP contribution in [0.4, 0.5) is 11.4 Å². The number of hydrogen-bond donors (Lipinski definition) is 1. The standard InChI is InChI=1S/C11H10N2O6/c1-2-19-10(14)6-12-9-4-3-7(13(17)18)5-8(9)11(15)16/h3-6H,2H2,1H3,(H,15,16)/b12-6-. The molecule has 100 valence electrons. The maximum absolute atomic E-state index is 11.0. The van der Waals surface area contributed by atoms with E-state index in [4.69, 9.17) is 5.11 Å². The molecule has 1 aromatic carbocycles. The highest BCUT2D eigenvalue weighted by molar-refractivity contribution is 6.24. The van der Waals surface area contributed by atoms with Gasteiger partial charge in [0.05, 0.1) is 22.8 Å². The lowest BCUT2D eigenvalue weighted by molar-refractivity contribution is -0.384. The van der Waals surface area contributed by atoms with E-state index in [2.05, 4.69) is 9.73 Å². The molecular weight excluding hydrogens is 256 g/mol. The van der Waals surface area contributed by atoms with E-state index < -0.39 is 16.9 Å². The number of carbonyl (C=O) groups excluding carboxylic acids is 1. The third-order valence-corrected chi connectivity index (χ3v) is 2.02. The van der Waals surface area contributed by atoms with Crippen molar-refractivity contribution in [1.29, 1.82) is 0 Å². The van der Waals surface area contributed by atoms with Crippen molar-refractivity contribution in [2.24, 2.45) is 4.99 Å². The van der Waals surface area contributed by atoms with Crippen LogP contribution >= 0.6 is 0 Å². The number of ether oxygens (including phenoxy) is 1. The molecule has 1 rings (SSSR count). The number of benzene rings is 1. The molecule has 8 heteroatoms. The molecule has 0 atom stereocenters. The van der Waals surface area contributed by atoms with Gasteiger partial charge in [-0.3, -0.25) is 10.1 Å². The van der Waals surface area contributed by atoms with Gasteiger partial charge < -0.3 is 9.84 Å². The number of aromatic carboxylic acids is 1. The van der Waals surface area contributed by atoms with Gasteiger partial charge in [-0.25, -0.2) is 14.6 Å². The van der Waals surface area contributed by atoms with Crippen molar-refractivity contribution in [3.63, 3.8) is 0 Å². The Morgan fingerprint density at radius 3 is 2.74 bits per heavy atom. The summed E-state index contributed by atoms with van der Waals surface area (Å²) in [5.74, 6) is -2.10. The predicted molar refractivity (Wildman–Crippen MR) is 64.8 cm³/mol. The van der Waals surface area contributed by atoms with Crippen LogP contribution in [-0.2, 0) is 9.53 Å². The Morgan fingerprint density at radius 1 is 1.53 bits per heavy atom. The number of carboxylic acids is 1. The molecule has 19 heavy (non-hydrogen) atoms.